The van der Waals surface area contributed by atoms with E-state index >= 15 is 0 Å². The molecular formula is C56H81FN8O6. The van der Waals surface area contributed by atoms with E-state index in [1.54, 1.807) is 26.8 Å². The van der Waals surface area contributed by atoms with E-state index < -0.39 is 11.7 Å². The van der Waals surface area contributed by atoms with E-state index in [2.05, 4.69) is 27.7 Å². The van der Waals surface area contributed by atoms with Crippen LogP contribution in [0.4, 0.5) is 4.39 Å². The minimum absolute atomic E-state index is 0.0239. The molecule has 15 heteroatoms. The van der Waals surface area contributed by atoms with Crippen molar-refractivity contribution in [1.29, 1.82) is 0 Å². The van der Waals surface area contributed by atoms with Crippen molar-refractivity contribution in [3.63, 3.8) is 0 Å². The molecule has 0 bridgehead atoms. The molecule has 4 saturated heterocycles. The molecule has 1 saturated carbocycles. The maximum Gasteiger partial charge on any atom is 0.256 e. The molecule has 4 N–H and O–H groups in total. The molecule has 0 spiro atoms. The first-order valence-electron chi connectivity index (χ1n) is 26.4. The number of amides is 5. The van der Waals surface area contributed by atoms with Crippen molar-refractivity contribution >= 4 is 36.3 Å². The fourth-order valence-corrected chi connectivity index (χ4v) is 10.1. The zero-order chi connectivity index (χ0) is 51.0. The summed E-state index contributed by atoms with van der Waals surface area (Å²) >= 11 is 0. The average Bonchev–Trinajstić information content (AvgIpc) is 3.42. The van der Waals surface area contributed by atoms with Gasteiger partial charge in [0.2, 0.25) is 24.6 Å². The summed E-state index contributed by atoms with van der Waals surface area (Å²) in [4.78, 5) is 66.6. The molecule has 0 aromatic heterocycles. The van der Waals surface area contributed by atoms with E-state index in [1.165, 1.54) is 63.0 Å². The van der Waals surface area contributed by atoms with E-state index in [0.29, 0.717) is 68.3 Å². The summed E-state index contributed by atoms with van der Waals surface area (Å²) in [6, 6.07) is 19.8. The number of nitrogens with zero attached hydrogens (tertiary/aromatic N) is 5. The van der Waals surface area contributed by atoms with Crippen molar-refractivity contribution in [3.8, 4) is 0 Å². The standard InChI is InChI=1S/C34H43FN6O5.C12H16N2O.C8H16.C2H6/c1-25-4-2-3-5-29(25)32(37-36-23-42)21-26-6-7-31(35)30(20-26)34(45)41-18-16-40(17-19-41)33(44)22-38-12-8-27(9-13-38)46-28-10-14-39(24-43)15-11-28;13-12(15)11-3-1-9(2-4-11)10-5-7-14-8-6-10;1-2-8-6-4-3-5-7-8;1-2/h2-7,20,23-24,27-28H,8-19,21-22H2,1H3,(H,36,42);1-4,10,14H,5-8H2,(H2,13,15);8H,2-7H2,1H3;1-2H3/b37-32-;;;. The van der Waals surface area contributed by atoms with Gasteiger partial charge in [-0.2, -0.15) is 5.10 Å². The summed E-state index contributed by atoms with van der Waals surface area (Å²) < 4.78 is 21.2. The number of hydrogen-bond acceptors (Lipinski definition) is 9. The quantitative estimate of drug-likeness (QED) is 0.0850. The Balaban J connectivity index is 0.000000303. The topological polar surface area (TPSA) is 170 Å². The summed E-state index contributed by atoms with van der Waals surface area (Å²) in [5.74, 6) is 0.383. The SMILES string of the molecule is CC.CCC1CCCCC1.Cc1ccccc1/C(Cc1ccc(F)c(C(=O)N2CCN(C(=O)CN3CCC(OC4CCN(C=O)CC4)CC3)CC2)c1)=N\NC=O.NC(=O)c1ccc(C2CCNCC2)cc1. The Morgan fingerprint density at radius 2 is 1.39 bits per heavy atom. The van der Waals surface area contributed by atoms with Crippen LogP contribution in [0, 0.1) is 18.7 Å². The zero-order valence-electron chi connectivity index (χ0n) is 42.9. The van der Waals surface area contributed by atoms with Crippen LogP contribution in [0.1, 0.15) is 147 Å². The van der Waals surface area contributed by atoms with Crippen LogP contribution in [0.5, 0.6) is 0 Å². The lowest BCUT2D eigenvalue weighted by molar-refractivity contribution is -0.135. The number of nitrogens with one attached hydrogen (secondary N) is 2. The van der Waals surface area contributed by atoms with Gasteiger partial charge >= 0.3 is 0 Å². The molecule has 3 aromatic rings. The van der Waals surface area contributed by atoms with Crippen molar-refractivity contribution in [2.24, 2.45) is 16.8 Å². The molecule has 4 aliphatic heterocycles. The van der Waals surface area contributed by atoms with Gasteiger partial charge in [-0.25, -0.2) is 9.82 Å². The smallest absolute Gasteiger partial charge is 0.256 e. The summed E-state index contributed by atoms with van der Waals surface area (Å²) in [6.45, 7) is 15.3. The number of likely N-dealkylation sites (tertiary alicyclic amines) is 2. The number of hydrogen-bond donors (Lipinski definition) is 3. The van der Waals surface area contributed by atoms with Gasteiger partial charge in [-0.3, -0.25) is 28.9 Å². The van der Waals surface area contributed by atoms with Crippen molar-refractivity contribution < 1.29 is 33.1 Å². The highest BCUT2D eigenvalue weighted by Gasteiger charge is 2.30. The van der Waals surface area contributed by atoms with E-state index in [1.807, 2.05) is 69.3 Å². The van der Waals surface area contributed by atoms with Crippen molar-refractivity contribution in [2.75, 3.05) is 72.0 Å². The Morgan fingerprint density at radius 1 is 0.775 bits per heavy atom. The largest absolute Gasteiger partial charge is 0.375 e. The Bertz CT molecular complexity index is 2140. The van der Waals surface area contributed by atoms with Crippen molar-refractivity contribution in [2.45, 2.75) is 129 Å². The van der Waals surface area contributed by atoms with Crippen molar-refractivity contribution in [1.82, 2.24) is 30.3 Å². The monoisotopic (exact) mass is 981 g/mol. The molecule has 71 heavy (non-hydrogen) atoms. The summed E-state index contributed by atoms with van der Waals surface area (Å²) in [6.07, 6.45) is 16.8. The number of piperidine rings is 3. The van der Waals surface area contributed by atoms with Gasteiger partial charge in [0.1, 0.15) is 5.82 Å². The molecule has 5 aliphatic rings. The maximum atomic E-state index is 14.9. The normalized spacial score (nSPS) is 18.7. The van der Waals surface area contributed by atoms with Crippen LogP contribution >= 0.6 is 0 Å². The van der Waals surface area contributed by atoms with Gasteiger partial charge in [0, 0.05) is 69.9 Å². The lowest BCUT2D eigenvalue weighted by atomic mass is 9.88. The number of halogens is 1. The summed E-state index contributed by atoms with van der Waals surface area (Å²) in [5.41, 5.74) is 12.5. The van der Waals surface area contributed by atoms with E-state index in [9.17, 15) is 28.4 Å². The third-order valence-electron chi connectivity index (χ3n) is 14.5. The second-order valence-corrected chi connectivity index (χ2v) is 19.2. The fourth-order valence-electron chi connectivity index (χ4n) is 10.1. The van der Waals surface area contributed by atoms with E-state index in [-0.39, 0.29) is 29.6 Å². The van der Waals surface area contributed by atoms with E-state index in [4.69, 9.17) is 10.5 Å². The first kappa shape index (κ1) is 56.4. The molecule has 1 aliphatic carbocycles. The molecule has 0 radical (unpaired) electrons. The number of primary amides is 1. The third-order valence-corrected chi connectivity index (χ3v) is 14.5. The molecule has 4 heterocycles. The lowest BCUT2D eigenvalue weighted by Gasteiger charge is -2.38. The van der Waals surface area contributed by atoms with Gasteiger partial charge in [-0.1, -0.05) is 102 Å². The number of ether oxygens (including phenoxy) is 1. The fraction of sp³-hybridized carbons (Fsp3) is 0.571. The Hall–Kier alpha value is -5.51. The lowest BCUT2D eigenvalue weighted by Crippen LogP contribution is -2.53. The van der Waals surface area contributed by atoms with Crippen LogP contribution in [0.2, 0.25) is 0 Å². The Kier molecular flexibility index (Phi) is 24.1. The Morgan fingerprint density at radius 3 is 1.97 bits per heavy atom. The molecule has 14 nitrogen and oxygen atoms in total. The summed E-state index contributed by atoms with van der Waals surface area (Å²) in [5, 5.41) is 7.55. The number of benzene rings is 3. The first-order valence-corrected chi connectivity index (χ1v) is 26.4. The first-order chi connectivity index (χ1) is 34.5. The molecule has 8 rings (SSSR count). The molecule has 388 valence electrons. The van der Waals surface area contributed by atoms with Gasteiger partial charge in [-0.05, 0) is 111 Å². The highest BCUT2D eigenvalue weighted by Crippen LogP contribution is 2.27. The number of hydrazone groups is 1. The van der Waals surface area contributed by atoms with Gasteiger partial charge < -0.3 is 30.5 Å². The summed E-state index contributed by atoms with van der Waals surface area (Å²) in [7, 11) is 0. The number of piperazine rings is 1. The third kappa shape index (κ3) is 17.9. The number of rotatable bonds is 14. The van der Waals surface area contributed by atoms with Crippen LogP contribution in [0.25, 0.3) is 0 Å². The molecular weight excluding hydrogens is 900 g/mol. The van der Waals surface area contributed by atoms with Gasteiger partial charge in [0.15, 0.2) is 0 Å². The molecule has 3 aromatic carbocycles. The molecule has 5 fully saturated rings. The maximum absolute atomic E-state index is 14.9. The number of aryl methyl sites for hydroxylation is 1. The molecule has 0 atom stereocenters. The van der Waals surface area contributed by atoms with Crippen LogP contribution in [-0.4, -0.2) is 140 Å². The van der Waals surface area contributed by atoms with Gasteiger partial charge in [-0.15, -0.1) is 0 Å². The second kappa shape index (κ2) is 30.4. The van der Waals surface area contributed by atoms with Crippen LogP contribution in [-0.2, 0) is 25.5 Å². The Labute approximate surface area is 422 Å². The van der Waals surface area contributed by atoms with Gasteiger partial charge in [0.05, 0.1) is 30.0 Å². The highest BCUT2D eigenvalue weighted by molar-refractivity contribution is 6.03. The predicted molar refractivity (Wildman–Crippen MR) is 279 cm³/mol. The van der Waals surface area contributed by atoms with Crippen LogP contribution < -0.4 is 16.5 Å². The minimum atomic E-state index is -0.605. The number of carbonyl (C=O) groups is 5. The van der Waals surface area contributed by atoms with Gasteiger partial charge in [0.25, 0.3) is 5.91 Å². The second-order valence-electron chi connectivity index (χ2n) is 19.2. The zero-order valence-corrected chi connectivity index (χ0v) is 42.9. The van der Waals surface area contributed by atoms with E-state index in [0.717, 1.165) is 88.4 Å². The van der Waals surface area contributed by atoms with Crippen LogP contribution in [0.3, 0.4) is 0 Å². The highest BCUT2D eigenvalue weighted by atomic mass is 19.1. The average molecular weight is 981 g/mol. The van der Waals surface area contributed by atoms with Crippen LogP contribution in [0.15, 0.2) is 71.8 Å². The van der Waals surface area contributed by atoms with Crippen molar-refractivity contribution in [3.05, 3.63) is 106 Å². The minimum Gasteiger partial charge on any atom is -0.375 e. The molecule has 5 amide bonds. The predicted octanol–water partition coefficient (Wildman–Crippen LogP) is 7.47. The number of carbonyl (C=O) groups excluding carboxylic acids is 5. The molecule has 0 unspecified atom stereocenters. The number of nitrogens with two attached hydrogens (primary N) is 1.